The highest BCUT2D eigenvalue weighted by atomic mass is 79.9. The van der Waals surface area contributed by atoms with Gasteiger partial charge < -0.3 is 0 Å². The summed E-state index contributed by atoms with van der Waals surface area (Å²) in [6, 6.07) is 35.2. The lowest BCUT2D eigenvalue weighted by atomic mass is 9.72. The molecule has 5 nitrogen and oxygen atoms in total. The van der Waals surface area contributed by atoms with Gasteiger partial charge in [-0.3, -0.25) is 9.59 Å². The van der Waals surface area contributed by atoms with Gasteiger partial charge in [0.1, 0.15) is 0 Å². The van der Waals surface area contributed by atoms with Crippen molar-refractivity contribution in [3.63, 3.8) is 0 Å². The van der Waals surface area contributed by atoms with Crippen LogP contribution in [-0.4, -0.2) is 17.5 Å². The molecule has 176 valence electrons. The summed E-state index contributed by atoms with van der Waals surface area (Å²) in [6.45, 7) is 1.43. The van der Waals surface area contributed by atoms with Crippen molar-refractivity contribution in [3.05, 3.63) is 130 Å². The summed E-state index contributed by atoms with van der Waals surface area (Å²) in [5, 5.41) is 6.99. The van der Waals surface area contributed by atoms with E-state index in [1.54, 1.807) is 0 Å². The van der Waals surface area contributed by atoms with Crippen molar-refractivity contribution < 1.29 is 9.59 Å². The molecule has 2 amide bonds. The highest BCUT2D eigenvalue weighted by molar-refractivity contribution is 9.10. The molecule has 0 N–H and O–H groups in total. The van der Waals surface area contributed by atoms with Crippen LogP contribution in [0.15, 0.2) is 119 Å². The van der Waals surface area contributed by atoms with Gasteiger partial charge in [-0.05, 0) is 41.5 Å². The first kappa shape index (κ1) is 22.4. The number of anilines is 2. The molecule has 2 atom stereocenters. The van der Waals surface area contributed by atoms with E-state index in [0.717, 1.165) is 32.6 Å². The normalized spacial score (nSPS) is 20.6. The van der Waals surface area contributed by atoms with E-state index < -0.39 is 11.5 Å². The van der Waals surface area contributed by atoms with Crippen molar-refractivity contribution in [2.45, 2.75) is 18.4 Å². The van der Waals surface area contributed by atoms with Crippen LogP contribution in [0.2, 0.25) is 0 Å². The van der Waals surface area contributed by atoms with Gasteiger partial charge in [-0.15, -0.1) is 0 Å². The fourth-order valence-electron chi connectivity index (χ4n) is 5.47. The predicted molar refractivity (Wildman–Crippen MR) is 145 cm³/mol. The Labute approximate surface area is 217 Å². The zero-order chi connectivity index (χ0) is 24.9. The maximum Gasteiger partial charge on any atom is 0.267 e. The molecule has 0 unspecified atom stereocenters. The lowest BCUT2D eigenvalue weighted by Gasteiger charge is -2.38. The van der Waals surface area contributed by atoms with Crippen LogP contribution < -0.4 is 9.91 Å². The smallest absolute Gasteiger partial charge is 0.267 e. The third kappa shape index (κ3) is 3.18. The van der Waals surface area contributed by atoms with Crippen LogP contribution in [0, 0.1) is 0 Å². The Morgan fingerprint density at radius 3 is 2.11 bits per heavy atom. The van der Waals surface area contributed by atoms with E-state index in [4.69, 9.17) is 5.10 Å². The quantitative estimate of drug-likeness (QED) is 0.311. The first-order valence-electron chi connectivity index (χ1n) is 11.7. The van der Waals surface area contributed by atoms with Crippen molar-refractivity contribution >= 4 is 44.8 Å². The number of halogens is 1. The summed E-state index contributed by atoms with van der Waals surface area (Å²) < 4.78 is 0.926. The Balaban J connectivity index is 1.71. The van der Waals surface area contributed by atoms with E-state index in [2.05, 4.69) is 15.9 Å². The molecule has 0 radical (unpaired) electrons. The second-order valence-electron chi connectivity index (χ2n) is 8.93. The summed E-state index contributed by atoms with van der Waals surface area (Å²) in [5.41, 5.74) is 3.50. The Morgan fingerprint density at radius 1 is 0.833 bits per heavy atom. The summed E-state index contributed by atoms with van der Waals surface area (Å²) in [5.74, 6) is -1.08. The van der Waals surface area contributed by atoms with Gasteiger partial charge in [0.15, 0.2) is 5.54 Å². The molecule has 2 aliphatic heterocycles. The van der Waals surface area contributed by atoms with Crippen LogP contribution in [0.25, 0.3) is 0 Å². The highest BCUT2D eigenvalue weighted by Gasteiger charge is 2.65. The van der Waals surface area contributed by atoms with E-state index >= 15 is 0 Å². The van der Waals surface area contributed by atoms with Gasteiger partial charge in [0, 0.05) is 17.0 Å². The molecule has 36 heavy (non-hydrogen) atoms. The highest BCUT2D eigenvalue weighted by Crippen LogP contribution is 2.57. The van der Waals surface area contributed by atoms with Crippen molar-refractivity contribution in [1.82, 2.24) is 0 Å². The zero-order valence-electron chi connectivity index (χ0n) is 19.5. The first-order chi connectivity index (χ1) is 17.5. The molecule has 2 heterocycles. The van der Waals surface area contributed by atoms with Gasteiger partial charge in [0.25, 0.3) is 5.91 Å². The van der Waals surface area contributed by atoms with Gasteiger partial charge in [-0.25, -0.2) is 9.91 Å². The maximum atomic E-state index is 14.6. The van der Waals surface area contributed by atoms with Gasteiger partial charge in [-0.1, -0.05) is 94.8 Å². The van der Waals surface area contributed by atoms with Crippen molar-refractivity contribution in [2.24, 2.45) is 5.10 Å². The minimum absolute atomic E-state index is 0.303. The van der Waals surface area contributed by atoms with E-state index in [9.17, 15) is 9.59 Å². The number of nitrogens with zero attached hydrogens (tertiary/aromatic N) is 3. The number of hydrogen-bond acceptors (Lipinski definition) is 4. The van der Waals surface area contributed by atoms with Gasteiger partial charge >= 0.3 is 0 Å². The Bertz CT molecular complexity index is 1500. The Kier molecular flexibility index (Phi) is 5.34. The van der Waals surface area contributed by atoms with E-state index in [1.165, 1.54) is 11.8 Å². The first-order valence-corrected chi connectivity index (χ1v) is 12.5. The molecule has 4 aromatic carbocycles. The number of hydrogen-bond donors (Lipinski definition) is 0. The lowest BCUT2D eigenvalue weighted by Crippen LogP contribution is -2.53. The van der Waals surface area contributed by atoms with Crippen LogP contribution in [-0.2, 0) is 15.1 Å². The number of fused-ring (bicyclic) bond motifs is 2. The second kappa shape index (κ2) is 8.57. The number of benzene rings is 4. The molecule has 0 fully saturated rings. The molecule has 6 heteroatoms. The number of rotatable bonds is 3. The summed E-state index contributed by atoms with van der Waals surface area (Å²) >= 11 is 3.52. The standard InChI is InChI=1S/C30H22BrN3O2/c1-20(35)33-26-15-9-8-14-25(26)30(29(33)36)27(21-10-4-2-5-11-21)28(22-12-6-3-7-13-22)32-34(30)24-18-16-23(31)17-19-24/h2-19,27H,1H3/t27-,30-/m1/s1. The number of carbonyl (C=O) groups is 2. The summed E-state index contributed by atoms with van der Waals surface area (Å²) in [7, 11) is 0. The molecule has 0 saturated heterocycles. The van der Waals surface area contributed by atoms with Crippen LogP contribution >= 0.6 is 15.9 Å². The number of para-hydroxylation sites is 1. The fraction of sp³-hybridized carbons (Fsp3) is 0.100. The molecule has 6 rings (SSSR count). The monoisotopic (exact) mass is 535 g/mol. The average molecular weight is 536 g/mol. The molecule has 0 aromatic heterocycles. The summed E-state index contributed by atoms with van der Waals surface area (Å²) in [4.78, 5) is 28.8. The Hall–Kier alpha value is -4.03. The minimum atomic E-state index is -1.28. The van der Waals surface area contributed by atoms with Crippen LogP contribution in [0.4, 0.5) is 11.4 Å². The molecular weight excluding hydrogens is 514 g/mol. The third-order valence-corrected chi connectivity index (χ3v) is 7.43. The number of hydrazone groups is 1. The topological polar surface area (TPSA) is 53.0 Å². The van der Waals surface area contributed by atoms with Gasteiger partial charge in [-0.2, -0.15) is 5.10 Å². The van der Waals surface area contributed by atoms with Gasteiger partial charge in [0.05, 0.1) is 23.0 Å². The Morgan fingerprint density at radius 2 is 1.44 bits per heavy atom. The molecule has 1 spiro atoms. The molecule has 0 bridgehead atoms. The van der Waals surface area contributed by atoms with Crippen LogP contribution in [0.1, 0.15) is 29.5 Å². The largest absolute Gasteiger partial charge is 0.274 e. The SMILES string of the molecule is CC(=O)N1C(=O)[C@@]2(c3ccccc31)[C@H](c1ccccc1)C(c1ccccc1)=NN2c1ccc(Br)cc1. The molecular formula is C30H22BrN3O2. The van der Waals surface area contributed by atoms with E-state index in [1.807, 2.05) is 114 Å². The molecule has 4 aromatic rings. The molecule has 2 aliphatic rings. The average Bonchev–Trinajstić information content (AvgIpc) is 3.39. The maximum absolute atomic E-state index is 14.6. The van der Waals surface area contributed by atoms with E-state index in [0.29, 0.717) is 5.69 Å². The lowest BCUT2D eigenvalue weighted by molar-refractivity contribution is -0.128. The van der Waals surface area contributed by atoms with Crippen molar-refractivity contribution in [1.29, 1.82) is 0 Å². The van der Waals surface area contributed by atoms with Crippen LogP contribution in [0.3, 0.4) is 0 Å². The number of carbonyl (C=O) groups excluding carboxylic acids is 2. The number of imide groups is 1. The predicted octanol–water partition coefficient (Wildman–Crippen LogP) is 6.25. The van der Waals surface area contributed by atoms with Crippen LogP contribution in [0.5, 0.6) is 0 Å². The fourth-order valence-corrected chi connectivity index (χ4v) is 5.73. The van der Waals surface area contributed by atoms with Crippen molar-refractivity contribution in [2.75, 3.05) is 9.91 Å². The second-order valence-corrected chi connectivity index (χ2v) is 9.84. The third-order valence-electron chi connectivity index (χ3n) is 6.91. The minimum Gasteiger partial charge on any atom is -0.274 e. The van der Waals surface area contributed by atoms with Gasteiger partial charge in [0.2, 0.25) is 5.91 Å². The zero-order valence-corrected chi connectivity index (χ0v) is 21.1. The molecule has 0 saturated carbocycles. The molecule has 0 aliphatic carbocycles. The number of amides is 2. The summed E-state index contributed by atoms with van der Waals surface area (Å²) in [6.07, 6.45) is 0. The van der Waals surface area contributed by atoms with Crippen molar-refractivity contribution in [3.8, 4) is 0 Å². The van der Waals surface area contributed by atoms with E-state index in [-0.39, 0.29) is 11.8 Å².